The molecule has 2 rings (SSSR count). The van der Waals surface area contributed by atoms with Crippen molar-refractivity contribution < 1.29 is 9.53 Å². The van der Waals surface area contributed by atoms with Gasteiger partial charge in [-0.05, 0) is 31.0 Å². The van der Waals surface area contributed by atoms with E-state index in [0.717, 1.165) is 24.2 Å². The highest BCUT2D eigenvalue weighted by atomic mass is 16.5. The lowest BCUT2D eigenvalue weighted by atomic mass is 10.1. The zero-order valence-corrected chi connectivity index (χ0v) is 9.82. The molecule has 4 nitrogen and oxygen atoms in total. The number of hydrogen-bond donors (Lipinski definition) is 2. The molecule has 0 aliphatic carbocycles. The molecule has 1 aliphatic rings. The second-order valence-electron chi connectivity index (χ2n) is 4.26. The molecule has 1 aliphatic heterocycles. The molecule has 1 saturated heterocycles. The van der Waals surface area contributed by atoms with Gasteiger partial charge in [0, 0.05) is 6.42 Å². The van der Waals surface area contributed by atoms with Gasteiger partial charge < -0.3 is 15.8 Å². The summed E-state index contributed by atoms with van der Waals surface area (Å²) in [6.07, 6.45) is 2.28. The smallest absolute Gasteiger partial charge is 0.220 e. The van der Waals surface area contributed by atoms with Gasteiger partial charge in [0.15, 0.2) is 0 Å². The van der Waals surface area contributed by atoms with Crippen LogP contribution in [-0.4, -0.2) is 25.1 Å². The van der Waals surface area contributed by atoms with Crippen molar-refractivity contribution in [1.82, 2.24) is 5.32 Å². The third-order valence-electron chi connectivity index (χ3n) is 2.91. The molecule has 1 unspecified atom stereocenters. The molecule has 0 radical (unpaired) electrons. The maximum absolute atomic E-state index is 11.1. The van der Waals surface area contributed by atoms with Gasteiger partial charge in [-0.15, -0.1) is 0 Å². The quantitative estimate of drug-likeness (QED) is 0.793. The van der Waals surface area contributed by atoms with Gasteiger partial charge in [0.25, 0.3) is 0 Å². The lowest BCUT2D eigenvalue weighted by molar-refractivity contribution is -0.119. The van der Waals surface area contributed by atoms with E-state index >= 15 is 0 Å². The number of carbonyl (C=O) groups excluding carboxylic acids is 1. The van der Waals surface area contributed by atoms with Crippen molar-refractivity contribution >= 4 is 5.91 Å². The van der Waals surface area contributed by atoms with E-state index in [1.54, 1.807) is 0 Å². The van der Waals surface area contributed by atoms with Crippen molar-refractivity contribution in [2.45, 2.75) is 25.3 Å². The molecule has 1 heterocycles. The van der Waals surface area contributed by atoms with Gasteiger partial charge in [-0.3, -0.25) is 4.79 Å². The highest BCUT2D eigenvalue weighted by molar-refractivity contribution is 5.78. The van der Waals surface area contributed by atoms with E-state index in [0.29, 0.717) is 19.6 Å². The first kappa shape index (κ1) is 11.9. The third-order valence-corrected chi connectivity index (χ3v) is 2.91. The molecule has 0 spiro atoms. The lowest BCUT2D eigenvalue weighted by Gasteiger charge is -2.14. The normalized spacial score (nSPS) is 19.1. The molecule has 0 saturated carbocycles. The maximum atomic E-state index is 11.1. The highest BCUT2D eigenvalue weighted by Crippen LogP contribution is 2.19. The fourth-order valence-corrected chi connectivity index (χ4v) is 2.00. The molecule has 4 heteroatoms. The summed E-state index contributed by atoms with van der Waals surface area (Å²) in [5, 5.41) is 2.89. The molecule has 1 aromatic carbocycles. The van der Waals surface area contributed by atoms with Gasteiger partial charge in [0.1, 0.15) is 12.4 Å². The summed E-state index contributed by atoms with van der Waals surface area (Å²) < 4.78 is 5.75. The van der Waals surface area contributed by atoms with Gasteiger partial charge in [-0.2, -0.15) is 0 Å². The number of amides is 1. The summed E-state index contributed by atoms with van der Waals surface area (Å²) >= 11 is 0. The van der Waals surface area contributed by atoms with Crippen molar-refractivity contribution in [1.29, 1.82) is 0 Å². The zero-order chi connectivity index (χ0) is 12.1. The summed E-state index contributed by atoms with van der Waals surface area (Å²) in [5.74, 6) is 0.993. The average molecular weight is 234 g/mol. The molecule has 0 bridgehead atoms. The van der Waals surface area contributed by atoms with Crippen LogP contribution < -0.4 is 15.8 Å². The number of benzene rings is 1. The Morgan fingerprint density at radius 2 is 2.24 bits per heavy atom. The van der Waals surface area contributed by atoms with E-state index in [1.165, 1.54) is 0 Å². The fraction of sp³-hybridized carbons (Fsp3) is 0.462. The Kier molecular flexibility index (Phi) is 3.98. The van der Waals surface area contributed by atoms with Crippen molar-refractivity contribution in [2.24, 2.45) is 5.73 Å². The summed E-state index contributed by atoms with van der Waals surface area (Å²) in [4.78, 5) is 11.1. The van der Waals surface area contributed by atoms with Crippen LogP contribution >= 0.6 is 0 Å². The molecule has 1 aromatic rings. The van der Waals surface area contributed by atoms with E-state index in [9.17, 15) is 4.79 Å². The number of para-hydroxylation sites is 1. The predicted octanol–water partition coefficient (Wildman–Crippen LogP) is 0.845. The summed E-state index contributed by atoms with van der Waals surface area (Å²) in [6.45, 7) is 1.15. The molecule has 1 fully saturated rings. The van der Waals surface area contributed by atoms with Crippen LogP contribution in [0.25, 0.3) is 0 Å². The Morgan fingerprint density at radius 1 is 1.41 bits per heavy atom. The molecule has 1 amide bonds. The van der Waals surface area contributed by atoms with E-state index in [-0.39, 0.29) is 11.9 Å². The third kappa shape index (κ3) is 3.20. The standard InChI is InChI=1S/C13H18N2O2/c14-8-7-10-3-1-2-4-12(10)17-9-11-5-6-13(16)15-11/h1-4,11H,5-9,14H2,(H,15,16). The van der Waals surface area contributed by atoms with E-state index < -0.39 is 0 Å². The monoisotopic (exact) mass is 234 g/mol. The summed E-state index contributed by atoms with van der Waals surface area (Å²) in [6, 6.07) is 8.04. The molecule has 92 valence electrons. The van der Waals surface area contributed by atoms with E-state index in [1.807, 2.05) is 24.3 Å². The maximum Gasteiger partial charge on any atom is 0.220 e. The minimum atomic E-state index is 0.119. The van der Waals surface area contributed by atoms with Crippen LogP contribution in [0.3, 0.4) is 0 Å². The van der Waals surface area contributed by atoms with Gasteiger partial charge in [-0.25, -0.2) is 0 Å². The highest BCUT2D eigenvalue weighted by Gasteiger charge is 2.21. The molecule has 17 heavy (non-hydrogen) atoms. The predicted molar refractivity (Wildman–Crippen MR) is 65.9 cm³/mol. The van der Waals surface area contributed by atoms with Gasteiger partial charge in [-0.1, -0.05) is 18.2 Å². The number of carbonyl (C=O) groups is 1. The Balaban J connectivity index is 1.91. The topological polar surface area (TPSA) is 64.3 Å². The number of nitrogens with one attached hydrogen (secondary N) is 1. The Morgan fingerprint density at radius 3 is 2.94 bits per heavy atom. The van der Waals surface area contributed by atoms with Crippen LogP contribution in [0, 0.1) is 0 Å². The molecular formula is C13H18N2O2. The first-order chi connectivity index (χ1) is 8.29. The minimum absolute atomic E-state index is 0.119. The van der Waals surface area contributed by atoms with Crippen molar-refractivity contribution in [3.63, 3.8) is 0 Å². The second-order valence-corrected chi connectivity index (χ2v) is 4.26. The zero-order valence-electron chi connectivity index (χ0n) is 9.82. The van der Waals surface area contributed by atoms with Crippen molar-refractivity contribution in [3.05, 3.63) is 29.8 Å². The molecule has 1 atom stereocenters. The number of hydrogen-bond acceptors (Lipinski definition) is 3. The van der Waals surface area contributed by atoms with E-state index in [4.69, 9.17) is 10.5 Å². The van der Waals surface area contributed by atoms with Gasteiger partial charge in [0.2, 0.25) is 5.91 Å². The number of rotatable bonds is 5. The van der Waals surface area contributed by atoms with Gasteiger partial charge >= 0.3 is 0 Å². The Labute approximate surface area is 101 Å². The van der Waals surface area contributed by atoms with Crippen LogP contribution in [0.2, 0.25) is 0 Å². The Hall–Kier alpha value is -1.55. The van der Waals surface area contributed by atoms with Crippen LogP contribution in [0.15, 0.2) is 24.3 Å². The first-order valence-electron chi connectivity index (χ1n) is 5.99. The molecular weight excluding hydrogens is 216 g/mol. The summed E-state index contributed by atoms with van der Waals surface area (Å²) in [7, 11) is 0. The molecule has 3 N–H and O–H groups in total. The number of nitrogens with two attached hydrogens (primary N) is 1. The summed E-state index contributed by atoms with van der Waals surface area (Å²) in [5.41, 5.74) is 6.68. The SMILES string of the molecule is NCCc1ccccc1OCC1CCC(=O)N1. The van der Waals surface area contributed by atoms with Crippen LogP contribution in [-0.2, 0) is 11.2 Å². The van der Waals surface area contributed by atoms with E-state index in [2.05, 4.69) is 5.32 Å². The minimum Gasteiger partial charge on any atom is -0.491 e. The second kappa shape index (κ2) is 5.68. The van der Waals surface area contributed by atoms with Crippen LogP contribution in [0.1, 0.15) is 18.4 Å². The van der Waals surface area contributed by atoms with Crippen molar-refractivity contribution in [3.8, 4) is 5.75 Å². The van der Waals surface area contributed by atoms with Gasteiger partial charge in [0.05, 0.1) is 6.04 Å². The average Bonchev–Trinajstić information content (AvgIpc) is 2.74. The van der Waals surface area contributed by atoms with Crippen LogP contribution in [0.4, 0.5) is 0 Å². The Bertz CT molecular complexity index is 393. The number of ether oxygens (including phenoxy) is 1. The van der Waals surface area contributed by atoms with Crippen LogP contribution in [0.5, 0.6) is 5.75 Å². The molecule has 0 aromatic heterocycles. The lowest BCUT2D eigenvalue weighted by Crippen LogP contribution is -2.31. The fourth-order valence-electron chi connectivity index (χ4n) is 2.00. The first-order valence-corrected chi connectivity index (χ1v) is 5.99. The van der Waals surface area contributed by atoms with Crippen molar-refractivity contribution in [2.75, 3.05) is 13.2 Å². The largest absolute Gasteiger partial charge is 0.491 e.